The number of nitrogens with one attached hydrogen (secondary N) is 1. The van der Waals surface area contributed by atoms with Crippen molar-refractivity contribution >= 4 is 28.6 Å². The highest BCUT2D eigenvalue weighted by Crippen LogP contribution is 2.24. The predicted molar refractivity (Wildman–Crippen MR) is 111 cm³/mol. The summed E-state index contributed by atoms with van der Waals surface area (Å²) in [5.74, 6) is -0.242. The van der Waals surface area contributed by atoms with Gasteiger partial charge >= 0.3 is 0 Å². The molecule has 0 saturated carbocycles. The number of pyridine rings is 1. The molecule has 2 aromatic carbocycles. The van der Waals surface area contributed by atoms with Gasteiger partial charge in [-0.25, -0.2) is 4.98 Å². The Bertz CT molecular complexity index is 1010. The molecule has 0 aliphatic heterocycles. The van der Waals surface area contributed by atoms with Gasteiger partial charge in [0.1, 0.15) is 0 Å². The zero-order valence-electron chi connectivity index (χ0n) is 16.1. The monoisotopic (exact) mass is 360 g/mol. The van der Waals surface area contributed by atoms with E-state index in [1.54, 1.807) is 18.2 Å². The summed E-state index contributed by atoms with van der Waals surface area (Å²) < 4.78 is 0. The number of aryl methyl sites for hydroxylation is 1. The van der Waals surface area contributed by atoms with Crippen LogP contribution < -0.4 is 5.32 Å². The summed E-state index contributed by atoms with van der Waals surface area (Å²) in [6.07, 6.45) is 3.30. The second kappa shape index (κ2) is 7.23. The number of hydrogen-bond donors (Lipinski definition) is 2. The third kappa shape index (κ3) is 4.53. The Hall–Kier alpha value is -3.14. The van der Waals surface area contributed by atoms with Crippen LogP contribution in [0.1, 0.15) is 37.5 Å². The molecule has 3 rings (SSSR count). The van der Waals surface area contributed by atoms with E-state index in [0.29, 0.717) is 11.2 Å². The molecule has 27 heavy (non-hydrogen) atoms. The second-order valence-corrected chi connectivity index (χ2v) is 7.72. The second-order valence-electron chi connectivity index (χ2n) is 7.72. The van der Waals surface area contributed by atoms with Crippen LogP contribution >= 0.6 is 0 Å². The molecule has 138 valence electrons. The van der Waals surface area contributed by atoms with Gasteiger partial charge < -0.3 is 10.4 Å². The lowest BCUT2D eigenvalue weighted by atomic mass is 9.87. The maximum atomic E-state index is 12.2. The SMILES string of the molecule is Cc1cc(O)nc2cc(NC(=O)/C=C/c3ccc(C(C)(C)C)cc3)ccc12. The van der Waals surface area contributed by atoms with E-state index in [1.807, 2.05) is 31.2 Å². The van der Waals surface area contributed by atoms with Crippen molar-refractivity contribution in [3.8, 4) is 5.88 Å². The Morgan fingerprint density at radius 2 is 1.78 bits per heavy atom. The molecule has 0 saturated heterocycles. The van der Waals surface area contributed by atoms with Crippen molar-refractivity contribution in [2.45, 2.75) is 33.1 Å². The Morgan fingerprint density at radius 3 is 2.44 bits per heavy atom. The van der Waals surface area contributed by atoms with Crippen LogP contribution in [0.15, 0.2) is 54.6 Å². The van der Waals surface area contributed by atoms with Crippen LogP contribution in [0, 0.1) is 6.92 Å². The van der Waals surface area contributed by atoms with Gasteiger partial charge in [0.05, 0.1) is 5.52 Å². The Kier molecular flexibility index (Phi) is 5.00. The molecule has 3 aromatic rings. The molecule has 1 heterocycles. The lowest BCUT2D eigenvalue weighted by molar-refractivity contribution is -0.111. The molecule has 4 heteroatoms. The van der Waals surface area contributed by atoms with E-state index in [2.05, 4.69) is 43.2 Å². The van der Waals surface area contributed by atoms with Gasteiger partial charge in [-0.2, -0.15) is 0 Å². The van der Waals surface area contributed by atoms with Crippen molar-refractivity contribution in [1.29, 1.82) is 0 Å². The highest BCUT2D eigenvalue weighted by atomic mass is 16.3. The van der Waals surface area contributed by atoms with E-state index < -0.39 is 0 Å². The highest BCUT2D eigenvalue weighted by Gasteiger charge is 2.12. The van der Waals surface area contributed by atoms with Crippen LogP contribution in [0.3, 0.4) is 0 Å². The summed E-state index contributed by atoms with van der Waals surface area (Å²) in [5.41, 5.74) is 4.56. The molecule has 0 unspecified atom stereocenters. The van der Waals surface area contributed by atoms with E-state index in [9.17, 15) is 9.90 Å². The smallest absolute Gasteiger partial charge is 0.248 e. The van der Waals surface area contributed by atoms with E-state index in [4.69, 9.17) is 0 Å². The zero-order chi connectivity index (χ0) is 19.6. The fourth-order valence-electron chi connectivity index (χ4n) is 2.91. The number of aromatic nitrogens is 1. The number of hydrogen-bond acceptors (Lipinski definition) is 3. The van der Waals surface area contributed by atoms with Gasteiger partial charge in [0.25, 0.3) is 0 Å². The first-order valence-corrected chi connectivity index (χ1v) is 8.92. The summed E-state index contributed by atoms with van der Waals surface area (Å²) in [7, 11) is 0. The first-order valence-electron chi connectivity index (χ1n) is 8.92. The molecule has 0 spiro atoms. The standard InChI is InChI=1S/C23H24N2O2/c1-15-13-22(27)25-20-14-18(10-11-19(15)20)24-21(26)12-7-16-5-8-17(9-6-16)23(2,3)4/h5-14H,1-4H3,(H,24,26)(H,25,27)/b12-7+. The van der Waals surface area contributed by atoms with Crippen LogP contribution in [-0.2, 0) is 10.2 Å². The minimum Gasteiger partial charge on any atom is -0.493 e. The maximum absolute atomic E-state index is 12.2. The number of rotatable bonds is 3. The van der Waals surface area contributed by atoms with Crippen LogP contribution in [0.25, 0.3) is 17.0 Å². The third-order valence-electron chi connectivity index (χ3n) is 4.47. The number of benzene rings is 2. The average molecular weight is 360 g/mol. The molecule has 0 fully saturated rings. The van der Waals surface area contributed by atoms with Crippen molar-refractivity contribution < 1.29 is 9.90 Å². The van der Waals surface area contributed by atoms with Crippen molar-refractivity contribution in [1.82, 2.24) is 4.98 Å². The quantitative estimate of drug-likeness (QED) is 0.631. The molecule has 4 nitrogen and oxygen atoms in total. The van der Waals surface area contributed by atoms with Crippen molar-refractivity contribution in [3.05, 3.63) is 71.3 Å². The van der Waals surface area contributed by atoms with Crippen molar-refractivity contribution in [2.24, 2.45) is 0 Å². The number of anilines is 1. The van der Waals surface area contributed by atoms with Crippen LogP contribution in [0.2, 0.25) is 0 Å². The largest absolute Gasteiger partial charge is 0.493 e. The zero-order valence-corrected chi connectivity index (χ0v) is 16.1. The number of fused-ring (bicyclic) bond motifs is 1. The summed E-state index contributed by atoms with van der Waals surface area (Å²) >= 11 is 0. The van der Waals surface area contributed by atoms with E-state index in [0.717, 1.165) is 16.5 Å². The maximum Gasteiger partial charge on any atom is 0.248 e. The van der Waals surface area contributed by atoms with E-state index in [1.165, 1.54) is 11.6 Å². The number of carbonyl (C=O) groups excluding carboxylic acids is 1. The van der Waals surface area contributed by atoms with Gasteiger partial charge in [-0.3, -0.25) is 4.79 Å². The van der Waals surface area contributed by atoms with Gasteiger partial charge in [0.2, 0.25) is 11.8 Å². The summed E-state index contributed by atoms with van der Waals surface area (Å²) in [4.78, 5) is 16.3. The van der Waals surface area contributed by atoms with Crippen LogP contribution in [0.4, 0.5) is 5.69 Å². The first kappa shape index (κ1) is 18.6. The minimum atomic E-state index is -0.217. The fraction of sp³-hybridized carbons (Fsp3) is 0.217. The minimum absolute atomic E-state index is 0.0259. The third-order valence-corrected chi connectivity index (χ3v) is 4.47. The number of aromatic hydroxyl groups is 1. The Labute approximate surface area is 159 Å². The highest BCUT2D eigenvalue weighted by molar-refractivity contribution is 6.03. The predicted octanol–water partition coefficient (Wildman–Crippen LogP) is 5.20. The van der Waals surface area contributed by atoms with Gasteiger partial charge in [-0.05, 0) is 47.2 Å². The topological polar surface area (TPSA) is 62.2 Å². The van der Waals surface area contributed by atoms with Gasteiger partial charge in [-0.15, -0.1) is 0 Å². The van der Waals surface area contributed by atoms with Gasteiger partial charge in [-0.1, -0.05) is 51.1 Å². The molecule has 0 aliphatic carbocycles. The van der Waals surface area contributed by atoms with Crippen LogP contribution in [0.5, 0.6) is 5.88 Å². The van der Waals surface area contributed by atoms with Gasteiger partial charge in [0.15, 0.2) is 0 Å². The van der Waals surface area contributed by atoms with Crippen molar-refractivity contribution in [3.63, 3.8) is 0 Å². The number of amides is 1. The van der Waals surface area contributed by atoms with E-state index >= 15 is 0 Å². The summed E-state index contributed by atoms with van der Waals surface area (Å²) in [6.45, 7) is 8.43. The lowest BCUT2D eigenvalue weighted by Gasteiger charge is -2.18. The molecular weight excluding hydrogens is 336 g/mol. The molecule has 2 N–H and O–H groups in total. The molecule has 0 atom stereocenters. The summed E-state index contributed by atoms with van der Waals surface area (Å²) in [6, 6.07) is 15.3. The number of nitrogens with zero attached hydrogens (tertiary/aromatic N) is 1. The molecule has 0 bridgehead atoms. The Morgan fingerprint density at radius 1 is 1.07 bits per heavy atom. The summed E-state index contributed by atoms with van der Waals surface area (Å²) in [5, 5.41) is 13.4. The normalized spacial score (nSPS) is 11.9. The fourth-order valence-corrected chi connectivity index (χ4v) is 2.91. The Balaban J connectivity index is 1.72. The van der Waals surface area contributed by atoms with E-state index in [-0.39, 0.29) is 17.2 Å². The molecule has 0 aliphatic rings. The molecule has 1 amide bonds. The van der Waals surface area contributed by atoms with Crippen LogP contribution in [-0.4, -0.2) is 16.0 Å². The lowest BCUT2D eigenvalue weighted by Crippen LogP contribution is -2.10. The average Bonchev–Trinajstić information content (AvgIpc) is 2.59. The first-order chi connectivity index (χ1) is 12.7. The number of carbonyl (C=O) groups is 1. The molecule has 0 radical (unpaired) electrons. The molecular formula is C23H24N2O2. The molecule has 1 aromatic heterocycles. The van der Waals surface area contributed by atoms with Gasteiger partial charge in [0, 0.05) is 23.2 Å². The van der Waals surface area contributed by atoms with Crippen molar-refractivity contribution in [2.75, 3.05) is 5.32 Å².